The second-order valence-corrected chi connectivity index (χ2v) is 8.66. The van der Waals surface area contributed by atoms with Gasteiger partial charge in [0.2, 0.25) is 15.9 Å². The van der Waals surface area contributed by atoms with E-state index in [1.165, 1.54) is 6.92 Å². The first-order valence-electron chi connectivity index (χ1n) is 9.17. The zero-order valence-electron chi connectivity index (χ0n) is 17.3. The predicted octanol–water partition coefficient (Wildman–Crippen LogP) is 4.02. The summed E-state index contributed by atoms with van der Waals surface area (Å²) in [7, 11) is -3.93. The summed E-state index contributed by atoms with van der Waals surface area (Å²) in [5, 5.41) is 2.39. The van der Waals surface area contributed by atoms with Crippen molar-refractivity contribution in [2.45, 2.75) is 19.1 Å². The molecule has 1 amide bonds. The molecule has 9 nitrogen and oxygen atoms in total. The van der Waals surface area contributed by atoms with Crippen molar-refractivity contribution >= 4 is 21.6 Å². The van der Waals surface area contributed by atoms with Gasteiger partial charge in [-0.05, 0) is 30.7 Å². The van der Waals surface area contributed by atoms with Gasteiger partial charge in [-0.25, -0.2) is 22.2 Å². The molecule has 0 saturated carbocycles. The van der Waals surface area contributed by atoms with E-state index in [1.54, 1.807) is 4.72 Å². The number of oxazole rings is 1. The summed E-state index contributed by atoms with van der Waals surface area (Å²) in [5.41, 5.74) is -2.26. The van der Waals surface area contributed by atoms with Crippen molar-refractivity contribution in [1.82, 2.24) is 15.3 Å². The van der Waals surface area contributed by atoms with E-state index in [-0.39, 0.29) is 11.3 Å². The van der Waals surface area contributed by atoms with Crippen LogP contribution in [0.15, 0.2) is 41.1 Å². The summed E-state index contributed by atoms with van der Waals surface area (Å²) in [5.74, 6) is -3.74. The molecule has 2 N–H and O–H groups in total. The minimum atomic E-state index is -4.63. The minimum absolute atomic E-state index is 0.0319. The largest absolute Gasteiger partial charge is 0.416 e. The van der Waals surface area contributed by atoms with Crippen LogP contribution in [0.2, 0.25) is 0 Å². The van der Waals surface area contributed by atoms with E-state index in [4.69, 9.17) is 9.15 Å². The fourth-order valence-corrected chi connectivity index (χ4v) is 3.18. The molecule has 0 saturated heterocycles. The third-order valence-electron chi connectivity index (χ3n) is 4.17. The SMILES string of the molecule is CC(NC(=O)c1coc(Oc2cc(C(F)(F)F)ccn2)n1)c1cc(F)c(NS(C)(=O)=O)c(F)c1. The van der Waals surface area contributed by atoms with E-state index in [2.05, 4.69) is 15.3 Å². The van der Waals surface area contributed by atoms with Gasteiger partial charge in [-0.3, -0.25) is 9.52 Å². The van der Waals surface area contributed by atoms with Gasteiger partial charge < -0.3 is 14.5 Å². The summed E-state index contributed by atoms with van der Waals surface area (Å²) in [6.45, 7) is 1.39. The van der Waals surface area contributed by atoms with Gasteiger partial charge in [-0.2, -0.15) is 18.2 Å². The van der Waals surface area contributed by atoms with E-state index in [0.717, 1.165) is 36.9 Å². The molecular weight excluding hydrogens is 491 g/mol. The van der Waals surface area contributed by atoms with Crippen LogP contribution in [0.1, 0.15) is 34.6 Å². The van der Waals surface area contributed by atoms with Crippen molar-refractivity contribution < 1.29 is 44.3 Å². The Morgan fingerprint density at radius 1 is 1.18 bits per heavy atom. The van der Waals surface area contributed by atoms with E-state index >= 15 is 0 Å². The molecule has 0 aliphatic rings. The number of anilines is 1. The lowest BCUT2D eigenvalue weighted by Gasteiger charge is -2.15. The molecule has 2 heterocycles. The van der Waals surface area contributed by atoms with E-state index < -0.39 is 63.0 Å². The lowest BCUT2D eigenvalue weighted by molar-refractivity contribution is -0.137. The maximum absolute atomic E-state index is 14.2. The number of ether oxygens (including phenoxy) is 1. The molecule has 0 fully saturated rings. The first-order valence-corrected chi connectivity index (χ1v) is 11.1. The molecule has 1 aromatic carbocycles. The molecular formula is C19H15F5N4O5S. The molecule has 3 aromatic rings. The Kier molecular flexibility index (Phi) is 6.77. The summed E-state index contributed by atoms with van der Waals surface area (Å²) in [6.07, 6.45) is -2.76. The number of benzene rings is 1. The number of alkyl halides is 3. The molecule has 1 atom stereocenters. The van der Waals surface area contributed by atoms with Crippen molar-refractivity contribution in [3.05, 3.63) is 65.2 Å². The van der Waals surface area contributed by atoms with Gasteiger partial charge in [-0.1, -0.05) is 0 Å². The molecule has 2 aromatic heterocycles. The zero-order chi connectivity index (χ0) is 25.3. The lowest BCUT2D eigenvalue weighted by atomic mass is 10.1. The van der Waals surface area contributed by atoms with Crippen LogP contribution in [0.4, 0.5) is 27.6 Å². The van der Waals surface area contributed by atoms with Gasteiger partial charge in [0.1, 0.15) is 12.0 Å². The Balaban J connectivity index is 1.70. The molecule has 0 spiro atoms. The Bertz CT molecular complexity index is 1300. The number of rotatable bonds is 7. The van der Waals surface area contributed by atoms with Crippen LogP contribution >= 0.6 is 0 Å². The average molecular weight is 506 g/mol. The Morgan fingerprint density at radius 3 is 2.41 bits per heavy atom. The highest BCUT2D eigenvalue weighted by atomic mass is 32.2. The summed E-state index contributed by atoms with van der Waals surface area (Å²) in [6, 6.07) is 2.04. The lowest BCUT2D eigenvalue weighted by Crippen LogP contribution is -2.27. The molecule has 0 aliphatic heterocycles. The van der Waals surface area contributed by atoms with Gasteiger partial charge in [0.05, 0.1) is 17.9 Å². The van der Waals surface area contributed by atoms with Crippen molar-refractivity contribution in [2.75, 3.05) is 11.0 Å². The fraction of sp³-hybridized carbons (Fsp3) is 0.211. The molecule has 15 heteroatoms. The van der Waals surface area contributed by atoms with E-state index in [9.17, 15) is 35.2 Å². The molecule has 34 heavy (non-hydrogen) atoms. The first kappa shape index (κ1) is 24.9. The van der Waals surface area contributed by atoms with Crippen LogP contribution in [0.25, 0.3) is 0 Å². The summed E-state index contributed by atoms with van der Waals surface area (Å²) in [4.78, 5) is 19.7. The highest BCUT2D eigenvalue weighted by Crippen LogP contribution is 2.31. The minimum Gasteiger partial charge on any atom is -0.416 e. The fourth-order valence-electron chi connectivity index (χ4n) is 2.62. The number of hydrogen-bond donors (Lipinski definition) is 2. The van der Waals surface area contributed by atoms with Gasteiger partial charge >= 0.3 is 12.3 Å². The van der Waals surface area contributed by atoms with Crippen LogP contribution < -0.4 is 14.8 Å². The number of carbonyl (C=O) groups excluding carboxylic acids is 1. The number of nitrogens with one attached hydrogen (secondary N) is 2. The zero-order valence-corrected chi connectivity index (χ0v) is 18.1. The highest BCUT2D eigenvalue weighted by Gasteiger charge is 2.31. The maximum atomic E-state index is 14.2. The predicted molar refractivity (Wildman–Crippen MR) is 107 cm³/mol. The van der Waals surface area contributed by atoms with Gasteiger partial charge in [-0.15, -0.1) is 0 Å². The molecule has 3 rings (SSSR count). The number of carbonyl (C=O) groups is 1. The number of nitrogens with zero attached hydrogens (tertiary/aromatic N) is 2. The van der Waals surface area contributed by atoms with Gasteiger partial charge in [0.25, 0.3) is 5.91 Å². The van der Waals surface area contributed by atoms with Crippen molar-refractivity contribution in [3.63, 3.8) is 0 Å². The molecule has 0 aliphatic carbocycles. The van der Waals surface area contributed by atoms with Crippen molar-refractivity contribution in [1.29, 1.82) is 0 Å². The smallest absolute Gasteiger partial charge is 0.416 e. The Hall–Kier alpha value is -3.75. The van der Waals surface area contributed by atoms with E-state index in [1.807, 2.05) is 0 Å². The van der Waals surface area contributed by atoms with Gasteiger partial charge in [0, 0.05) is 12.3 Å². The Labute approximate surface area is 189 Å². The monoisotopic (exact) mass is 506 g/mol. The third-order valence-corrected chi connectivity index (χ3v) is 4.74. The van der Waals surface area contributed by atoms with Crippen LogP contribution in [0.5, 0.6) is 12.0 Å². The average Bonchev–Trinajstić information content (AvgIpc) is 3.18. The van der Waals surface area contributed by atoms with E-state index in [0.29, 0.717) is 6.07 Å². The molecule has 0 bridgehead atoms. The number of pyridine rings is 1. The number of amides is 1. The summed E-state index contributed by atoms with van der Waals surface area (Å²) < 4.78 is 101. The first-order chi connectivity index (χ1) is 15.7. The van der Waals surface area contributed by atoms with Crippen molar-refractivity contribution in [2.24, 2.45) is 0 Å². The van der Waals surface area contributed by atoms with Crippen LogP contribution in [-0.4, -0.2) is 30.5 Å². The molecule has 1 unspecified atom stereocenters. The Morgan fingerprint density at radius 2 is 1.82 bits per heavy atom. The van der Waals surface area contributed by atoms with Crippen LogP contribution in [-0.2, 0) is 16.2 Å². The number of sulfonamides is 1. The maximum Gasteiger partial charge on any atom is 0.416 e. The normalized spacial score (nSPS) is 12.8. The topological polar surface area (TPSA) is 123 Å². The molecule has 182 valence electrons. The number of aromatic nitrogens is 2. The van der Waals surface area contributed by atoms with Gasteiger partial charge in [0.15, 0.2) is 17.3 Å². The van der Waals surface area contributed by atoms with Crippen molar-refractivity contribution in [3.8, 4) is 12.0 Å². The number of halogens is 5. The third kappa shape index (κ3) is 6.18. The van der Waals surface area contributed by atoms with Crippen LogP contribution in [0.3, 0.4) is 0 Å². The standard InChI is InChI=1S/C19H15F5N4O5S/c1-9(10-5-12(20)16(13(21)6-10)28-34(2,30)31)26-17(29)14-8-32-18(27-14)33-15-7-11(3-4-25-15)19(22,23)24/h3-9,28H,1-2H3,(H,26,29). The highest BCUT2D eigenvalue weighted by molar-refractivity contribution is 7.92. The second kappa shape index (κ2) is 9.24. The second-order valence-electron chi connectivity index (χ2n) is 6.91. The summed E-state index contributed by atoms with van der Waals surface area (Å²) >= 11 is 0. The van der Waals surface area contributed by atoms with Crippen LogP contribution in [0, 0.1) is 11.6 Å². The molecule has 0 radical (unpaired) electrons. The quantitative estimate of drug-likeness (QED) is 0.464. The number of hydrogen-bond acceptors (Lipinski definition) is 7.